The van der Waals surface area contributed by atoms with E-state index in [9.17, 15) is 22.8 Å². The number of nitrogens with one attached hydrogen (secondary N) is 1. The summed E-state index contributed by atoms with van der Waals surface area (Å²) in [5.41, 5.74) is 1.67. The van der Waals surface area contributed by atoms with E-state index < -0.39 is 23.1 Å². The molecular weight excluding hydrogens is 481 g/mol. The molecule has 194 valence electrons. The minimum Gasteiger partial charge on any atom is -0.376 e. The Morgan fingerprint density at radius 3 is 2.32 bits per heavy atom. The molecule has 1 unspecified atom stereocenters. The number of halogens is 3. The van der Waals surface area contributed by atoms with Gasteiger partial charge in [-0.25, -0.2) is 0 Å². The second-order valence-corrected chi connectivity index (χ2v) is 9.70. The Hall–Kier alpha value is -3.65. The first-order chi connectivity index (χ1) is 17.5. The fourth-order valence-electron chi connectivity index (χ4n) is 4.80. The number of carbonyl (C=O) groups excluding carboxylic acids is 2. The lowest BCUT2D eigenvalue weighted by Crippen LogP contribution is -2.43. The van der Waals surface area contributed by atoms with Crippen molar-refractivity contribution in [1.29, 1.82) is 0 Å². The summed E-state index contributed by atoms with van der Waals surface area (Å²) in [5, 5.41) is 2.65. The van der Waals surface area contributed by atoms with Gasteiger partial charge in [-0.15, -0.1) is 0 Å². The maximum atomic E-state index is 13.7. The largest absolute Gasteiger partial charge is 0.416 e. The third-order valence-electron chi connectivity index (χ3n) is 6.59. The summed E-state index contributed by atoms with van der Waals surface area (Å²) in [4.78, 5) is 28.5. The maximum absolute atomic E-state index is 13.7. The van der Waals surface area contributed by atoms with Gasteiger partial charge in [0.15, 0.2) is 0 Å². The molecule has 5 nitrogen and oxygen atoms in total. The van der Waals surface area contributed by atoms with E-state index >= 15 is 0 Å². The number of hydrogen-bond donors (Lipinski definition) is 1. The van der Waals surface area contributed by atoms with Crippen molar-refractivity contribution in [2.45, 2.75) is 40.0 Å². The first-order valence-corrected chi connectivity index (χ1v) is 12.0. The average molecular weight is 511 g/mol. The van der Waals surface area contributed by atoms with Gasteiger partial charge in [0, 0.05) is 24.3 Å². The zero-order valence-electron chi connectivity index (χ0n) is 21.0. The zero-order chi connectivity index (χ0) is 26.8. The highest BCUT2D eigenvalue weighted by Gasteiger charge is 2.50. The Kier molecular flexibility index (Phi) is 7.41. The second kappa shape index (κ2) is 10.4. The molecule has 3 aromatic carbocycles. The molecule has 1 saturated heterocycles. The average Bonchev–Trinajstić information content (AvgIpc) is 3.16. The van der Waals surface area contributed by atoms with Crippen LogP contribution in [0.3, 0.4) is 0 Å². The van der Waals surface area contributed by atoms with Crippen LogP contribution in [0.1, 0.15) is 34.2 Å². The second-order valence-electron chi connectivity index (χ2n) is 9.70. The molecule has 0 aliphatic carbocycles. The van der Waals surface area contributed by atoms with E-state index in [4.69, 9.17) is 4.74 Å². The monoisotopic (exact) mass is 510 g/mol. The molecule has 1 heterocycles. The number of ether oxygens (including phenoxy) is 1. The smallest absolute Gasteiger partial charge is 0.376 e. The Labute approximate surface area is 214 Å². The van der Waals surface area contributed by atoms with Gasteiger partial charge < -0.3 is 15.0 Å². The van der Waals surface area contributed by atoms with Gasteiger partial charge in [-0.3, -0.25) is 9.59 Å². The van der Waals surface area contributed by atoms with Crippen molar-refractivity contribution >= 4 is 23.2 Å². The van der Waals surface area contributed by atoms with Crippen LogP contribution < -0.4 is 10.2 Å². The van der Waals surface area contributed by atoms with Crippen molar-refractivity contribution in [2.24, 2.45) is 5.41 Å². The molecule has 1 aliphatic heterocycles. The molecule has 0 bridgehead atoms. The molecule has 1 fully saturated rings. The number of nitrogens with zero attached hydrogens (tertiary/aromatic N) is 1. The first-order valence-electron chi connectivity index (χ1n) is 12.0. The maximum Gasteiger partial charge on any atom is 0.416 e. The predicted octanol–water partition coefficient (Wildman–Crippen LogP) is 6.21. The van der Waals surface area contributed by atoms with E-state index in [-0.39, 0.29) is 37.8 Å². The van der Waals surface area contributed by atoms with Gasteiger partial charge in [-0.1, -0.05) is 48.5 Å². The minimum atomic E-state index is -4.55. The van der Waals surface area contributed by atoms with Crippen molar-refractivity contribution in [3.05, 3.63) is 94.5 Å². The summed E-state index contributed by atoms with van der Waals surface area (Å²) in [6.07, 6.45) is -4.68. The molecule has 8 heteroatoms. The van der Waals surface area contributed by atoms with Gasteiger partial charge >= 0.3 is 6.18 Å². The van der Waals surface area contributed by atoms with Crippen molar-refractivity contribution in [3.63, 3.8) is 0 Å². The summed E-state index contributed by atoms with van der Waals surface area (Å²) in [6, 6.07) is 18.5. The first kappa shape index (κ1) is 26.4. The SMILES string of the molecule is Cc1cc(NC(=O)C2(COCc3ccccc3)CC(=O)N(c3c(C)cccc3C)C2)cc(C(F)(F)F)c1. The van der Waals surface area contributed by atoms with Gasteiger partial charge in [0.25, 0.3) is 0 Å². The molecule has 1 N–H and O–H groups in total. The summed E-state index contributed by atoms with van der Waals surface area (Å²) in [5.74, 6) is -0.794. The van der Waals surface area contributed by atoms with Gasteiger partial charge in [-0.2, -0.15) is 13.2 Å². The van der Waals surface area contributed by atoms with E-state index in [0.29, 0.717) is 5.56 Å². The molecule has 0 radical (unpaired) electrons. The van der Waals surface area contributed by atoms with Crippen molar-refractivity contribution in [2.75, 3.05) is 23.4 Å². The van der Waals surface area contributed by atoms with E-state index in [1.54, 1.807) is 4.90 Å². The standard InChI is InChI=1S/C29H29F3N2O3/c1-19-12-23(29(30,31)32)14-24(13-19)33-27(36)28(18-37-16-22-10-5-4-6-11-22)15-25(35)34(17-28)26-20(2)8-7-9-21(26)3/h4-14H,15-18H2,1-3H3,(H,33,36). The number of aryl methyl sites for hydroxylation is 3. The van der Waals surface area contributed by atoms with Crippen LogP contribution in [-0.2, 0) is 27.1 Å². The number of carbonyl (C=O) groups is 2. The van der Waals surface area contributed by atoms with Crippen LogP contribution in [0.25, 0.3) is 0 Å². The highest BCUT2D eigenvalue weighted by molar-refractivity contribution is 6.06. The van der Waals surface area contributed by atoms with Gasteiger partial charge in [0.2, 0.25) is 11.8 Å². The number of amides is 2. The summed E-state index contributed by atoms with van der Waals surface area (Å²) in [7, 11) is 0. The molecule has 0 saturated carbocycles. The number of hydrogen-bond acceptors (Lipinski definition) is 3. The zero-order valence-corrected chi connectivity index (χ0v) is 21.0. The fourth-order valence-corrected chi connectivity index (χ4v) is 4.80. The Balaban J connectivity index is 1.64. The van der Waals surface area contributed by atoms with Crippen LogP contribution in [0, 0.1) is 26.2 Å². The molecular formula is C29H29F3N2O3. The molecule has 3 aromatic rings. The molecule has 4 rings (SSSR count). The molecule has 37 heavy (non-hydrogen) atoms. The van der Waals surface area contributed by atoms with Crippen LogP contribution in [0.2, 0.25) is 0 Å². The third-order valence-corrected chi connectivity index (χ3v) is 6.59. The predicted molar refractivity (Wildman–Crippen MR) is 136 cm³/mol. The Morgan fingerprint density at radius 2 is 1.68 bits per heavy atom. The van der Waals surface area contributed by atoms with Crippen LogP contribution in [0.15, 0.2) is 66.7 Å². The highest BCUT2D eigenvalue weighted by atomic mass is 19.4. The molecule has 1 atom stereocenters. The number of rotatable bonds is 7. The lowest BCUT2D eigenvalue weighted by atomic mass is 9.86. The van der Waals surface area contributed by atoms with Gasteiger partial charge in [-0.05, 0) is 61.2 Å². The molecule has 0 aromatic heterocycles. The molecule has 2 amide bonds. The van der Waals surface area contributed by atoms with Crippen LogP contribution >= 0.6 is 0 Å². The van der Waals surface area contributed by atoms with Crippen molar-refractivity contribution in [3.8, 4) is 0 Å². The normalized spacial score (nSPS) is 17.8. The van der Waals surface area contributed by atoms with Gasteiger partial charge in [0.1, 0.15) is 0 Å². The quantitative estimate of drug-likeness (QED) is 0.411. The highest BCUT2D eigenvalue weighted by Crippen LogP contribution is 2.39. The molecule has 1 aliphatic rings. The Bertz CT molecular complexity index is 1290. The van der Waals surface area contributed by atoms with E-state index in [2.05, 4.69) is 5.32 Å². The lowest BCUT2D eigenvalue weighted by Gasteiger charge is -2.29. The van der Waals surface area contributed by atoms with Crippen LogP contribution in [0.4, 0.5) is 24.5 Å². The third kappa shape index (κ3) is 5.85. The summed E-state index contributed by atoms with van der Waals surface area (Å²) in [6.45, 7) is 5.54. The number of benzene rings is 3. The minimum absolute atomic E-state index is 0.0257. The van der Waals surface area contributed by atoms with E-state index in [1.165, 1.54) is 13.0 Å². The summed E-state index contributed by atoms with van der Waals surface area (Å²) < 4.78 is 46.1. The van der Waals surface area contributed by atoms with Crippen LogP contribution in [0.5, 0.6) is 0 Å². The van der Waals surface area contributed by atoms with Crippen molar-refractivity contribution < 1.29 is 27.5 Å². The van der Waals surface area contributed by atoms with E-state index in [0.717, 1.165) is 34.5 Å². The number of alkyl halides is 3. The van der Waals surface area contributed by atoms with Gasteiger partial charge in [0.05, 0.1) is 24.2 Å². The number of anilines is 2. The van der Waals surface area contributed by atoms with E-state index in [1.807, 2.05) is 62.4 Å². The summed E-state index contributed by atoms with van der Waals surface area (Å²) >= 11 is 0. The topological polar surface area (TPSA) is 58.6 Å². The number of para-hydroxylation sites is 1. The lowest BCUT2D eigenvalue weighted by molar-refractivity contribution is -0.137. The van der Waals surface area contributed by atoms with Crippen LogP contribution in [-0.4, -0.2) is 25.0 Å². The molecule has 0 spiro atoms. The fraction of sp³-hybridized carbons (Fsp3) is 0.310. The van der Waals surface area contributed by atoms with Crippen molar-refractivity contribution in [1.82, 2.24) is 0 Å². The Morgan fingerprint density at radius 1 is 1.00 bits per heavy atom.